The molecule has 0 spiro atoms. The van der Waals surface area contributed by atoms with Gasteiger partial charge in [-0.2, -0.15) is 0 Å². The van der Waals surface area contributed by atoms with Crippen LogP contribution in [0.4, 0.5) is 0 Å². The fourth-order valence-corrected chi connectivity index (χ4v) is 3.26. The molecule has 1 aliphatic heterocycles. The Morgan fingerprint density at radius 1 is 1.20 bits per heavy atom. The normalized spacial score (nSPS) is 18.5. The lowest BCUT2D eigenvalue weighted by molar-refractivity contribution is 0.214. The second kappa shape index (κ2) is 7.04. The van der Waals surface area contributed by atoms with Crippen molar-refractivity contribution < 1.29 is 13.9 Å². The van der Waals surface area contributed by atoms with Crippen molar-refractivity contribution in [3.63, 3.8) is 0 Å². The standard InChI is InChI=1S/C19H27N3O3/c1-19(2,3)18-21-20-17(25-18)12-22-10-6-7-15(22)14-9-8-13(23-4)11-16(14)24-5/h8-9,11,15H,6-7,10,12H2,1-5H3/t15-/m1/s1. The highest BCUT2D eigenvalue weighted by molar-refractivity contribution is 5.42. The first-order valence-corrected chi connectivity index (χ1v) is 8.71. The summed E-state index contributed by atoms with van der Waals surface area (Å²) < 4.78 is 16.8. The molecule has 1 atom stereocenters. The fourth-order valence-electron chi connectivity index (χ4n) is 3.26. The molecule has 2 heterocycles. The smallest absolute Gasteiger partial charge is 0.230 e. The van der Waals surface area contributed by atoms with Gasteiger partial charge in [-0.05, 0) is 25.5 Å². The first-order chi connectivity index (χ1) is 11.9. The van der Waals surface area contributed by atoms with E-state index in [4.69, 9.17) is 13.9 Å². The number of ether oxygens (including phenoxy) is 2. The predicted octanol–water partition coefficient (Wildman–Crippen LogP) is 3.72. The zero-order valence-corrected chi connectivity index (χ0v) is 15.7. The third-order valence-electron chi connectivity index (χ3n) is 4.61. The van der Waals surface area contributed by atoms with Gasteiger partial charge in [0.05, 0.1) is 20.8 Å². The number of rotatable bonds is 5. The van der Waals surface area contributed by atoms with Crippen LogP contribution in [0.15, 0.2) is 22.6 Å². The monoisotopic (exact) mass is 345 g/mol. The van der Waals surface area contributed by atoms with Gasteiger partial charge in [-0.25, -0.2) is 0 Å². The number of likely N-dealkylation sites (tertiary alicyclic amines) is 1. The minimum atomic E-state index is -0.130. The molecule has 25 heavy (non-hydrogen) atoms. The van der Waals surface area contributed by atoms with E-state index in [9.17, 15) is 0 Å². The average molecular weight is 345 g/mol. The van der Waals surface area contributed by atoms with Crippen molar-refractivity contribution in [2.75, 3.05) is 20.8 Å². The van der Waals surface area contributed by atoms with Gasteiger partial charge < -0.3 is 13.9 Å². The van der Waals surface area contributed by atoms with Gasteiger partial charge in [-0.15, -0.1) is 10.2 Å². The maximum atomic E-state index is 5.87. The minimum Gasteiger partial charge on any atom is -0.497 e. The van der Waals surface area contributed by atoms with Crippen molar-refractivity contribution in [2.24, 2.45) is 0 Å². The first-order valence-electron chi connectivity index (χ1n) is 8.71. The SMILES string of the molecule is COc1ccc([C@H]2CCCN2Cc2nnc(C(C)(C)C)o2)c(OC)c1. The minimum absolute atomic E-state index is 0.130. The Bertz CT molecular complexity index is 721. The lowest BCUT2D eigenvalue weighted by Gasteiger charge is -2.25. The molecule has 136 valence electrons. The molecule has 0 amide bonds. The van der Waals surface area contributed by atoms with E-state index in [1.807, 2.05) is 12.1 Å². The van der Waals surface area contributed by atoms with Crippen LogP contribution in [0.3, 0.4) is 0 Å². The second-order valence-corrected chi connectivity index (χ2v) is 7.49. The lowest BCUT2D eigenvalue weighted by atomic mass is 9.97. The summed E-state index contributed by atoms with van der Waals surface area (Å²) in [7, 11) is 3.36. The summed E-state index contributed by atoms with van der Waals surface area (Å²) in [5.74, 6) is 3.01. The molecule has 6 nitrogen and oxygen atoms in total. The average Bonchev–Trinajstić information content (AvgIpc) is 3.24. The Hall–Kier alpha value is -2.08. The van der Waals surface area contributed by atoms with E-state index in [0.29, 0.717) is 18.3 Å². The van der Waals surface area contributed by atoms with Crippen LogP contribution in [0, 0.1) is 0 Å². The van der Waals surface area contributed by atoms with Gasteiger partial charge in [0.25, 0.3) is 0 Å². The molecule has 1 fully saturated rings. The van der Waals surface area contributed by atoms with Crippen molar-refractivity contribution in [3.8, 4) is 11.5 Å². The van der Waals surface area contributed by atoms with Gasteiger partial charge in [-0.3, -0.25) is 4.90 Å². The van der Waals surface area contributed by atoms with Gasteiger partial charge in [0.15, 0.2) is 0 Å². The van der Waals surface area contributed by atoms with Gasteiger partial charge in [-0.1, -0.05) is 26.8 Å². The molecule has 1 aromatic heterocycles. The molecule has 0 radical (unpaired) electrons. The van der Waals surface area contributed by atoms with Crippen molar-refractivity contribution in [1.29, 1.82) is 0 Å². The zero-order valence-electron chi connectivity index (χ0n) is 15.7. The molecular formula is C19H27N3O3. The molecular weight excluding hydrogens is 318 g/mol. The molecule has 6 heteroatoms. The van der Waals surface area contributed by atoms with E-state index in [1.165, 1.54) is 5.56 Å². The molecule has 0 saturated carbocycles. The predicted molar refractivity (Wildman–Crippen MR) is 94.9 cm³/mol. The van der Waals surface area contributed by atoms with Crippen molar-refractivity contribution in [1.82, 2.24) is 15.1 Å². The Balaban J connectivity index is 1.80. The summed E-state index contributed by atoms with van der Waals surface area (Å²) in [6.45, 7) is 7.89. The van der Waals surface area contributed by atoms with E-state index in [1.54, 1.807) is 14.2 Å². The Morgan fingerprint density at radius 2 is 2.00 bits per heavy atom. The van der Waals surface area contributed by atoms with Crippen LogP contribution < -0.4 is 9.47 Å². The highest BCUT2D eigenvalue weighted by Gasteiger charge is 2.30. The molecule has 1 aliphatic rings. The summed E-state index contributed by atoms with van der Waals surface area (Å²) in [5.41, 5.74) is 1.05. The summed E-state index contributed by atoms with van der Waals surface area (Å²) in [6, 6.07) is 6.30. The van der Waals surface area contributed by atoms with Crippen molar-refractivity contribution in [3.05, 3.63) is 35.5 Å². The van der Waals surface area contributed by atoms with Gasteiger partial charge in [0.1, 0.15) is 11.5 Å². The highest BCUT2D eigenvalue weighted by atomic mass is 16.5. The Morgan fingerprint density at radius 3 is 2.64 bits per heavy atom. The lowest BCUT2D eigenvalue weighted by Crippen LogP contribution is -2.23. The summed E-state index contributed by atoms with van der Waals surface area (Å²) in [6.07, 6.45) is 2.23. The van der Waals surface area contributed by atoms with E-state index in [-0.39, 0.29) is 11.5 Å². The third kappa shape index (κ3) is 3.79. The molecule has 0 N–H and O–H groups in total. The van der Waals surface area contributed by atoms with E-state index in [2.05, 4.69) is 41.9 Å². The van der Waals surface area contributed by atoms with Crippen LogP contribution in [0.2, 0.25) is 0 Å². The van der Waals surface area contributed by atoms with E-state index < -0.39 is 0 Å². The van der Waals surface area contributed by atoms with Crippen LogP contribution >= 0.6 is 0 Å². The largest absolute Gasteiger partial charge is 0.497 e. The molecule has 2 aromatic rings. The number of aromatic nitrogens is 2. The maximum absolute atomic E-state index is 5.87. The summed E-state index contributed by atoms with van der Waals surface area (Å²) >= 11 is 0. The zero-order chi connectivity index (χ0) is 18.0. The van der Waals surface area contributed by atoms with Crippen molar-refractivity contribution in [2.45, 2.75) is 51.6 Å². The van der Waals surface area contributed by atoms with Crippen LogP contribution in [0.25, 0.3) is 0 Å². The number of hydrogen-bond acceptors (Lipinski definition) is 6. The van der Waals surface area contributed by atoms with Gasteiger partial charge >= 0.3 is 0 Å². The van der Waals surface area contributed by atoms with Gasteiger partial charge in [0.2, 0.25) is 11.8 Å². The van der Waals surface area contributed by atoms with Crippen LogP contribution in [-0.2, 0) is 12.0 Å². The summed E-state index contributed by atoms with van der Waals surface area (Å²) in [4.78, 5) is 2.38. The maximum Gasteiger partial charge on any atom is 0.230 e. The number of methoxy groups -OCH3 is 2. The van der Waals surface area contributed by atoms with Crippen LogP contribution in [-0.4, -0.2) is 35.9 Å². The van der Waals surface area contributed by atoms with E-state index >= 15 is 0 Å². The quantitative estimate of drug-likeness (QED) is 0.823. The van der Waals surface area contributed by atoms with Gasteiger partial charge in [0, 0.05) is 23.1 Å². The molecule has 0 aliphatic carbocycles. The second-order valence-electron chi connectivity index (χ2n) is 7.49. The molecule has 3 rings (SSSR count). The van der Waals surface area contributed by atoms with Crippen LogP contribution in [0.5, 0.6) is 11.5 Å². The fraction of sp³-hybridized carbons (Fsp3) is 0.579. The first kappa shape index (κ1) is 17.7. The molecule has 0 bridgehead atoms. The topological polar surface area (TPSA) is 60.6 Å². The summed E-state index contributed by atoms with van der Waals surface area (Å²) in [5, 5.41) is 8.43. The molecule has 1 aromatic carbocycles. The Kier molecular flexibility index (Phi) is 4.99. The third-order valence-corrected chi connectivity index (χ3v) is 4.61. The molecule has 1 saturated heterocycles. The molecule has 0 unspecified atom stereocenters. The Labute approximate surface area is 149 Å². The van der Waals surface area contributed by atoms with Crippen LogP contribution in [0.1, 0.15) is 57.0 Å². The number of benzene rings is 1. The van der Waals surface area contributed by atoms with E-state index in [0.717, 1.165) is 30.9 Å². The number of nitrogens with zero attached hydrogens (tertiary/aromatic N) is 3. The van der Waals surface area contributed by atoms with Crippen molar-refractivity contribution >= 4 is 0 Å². The number of hydrogen-bond donors (Lipinski definition) is 0. The highest BCUT2D eigenvalue weighted by Crippen LogP contribution is 2.39.